The zero-order chi connectivity index (χ0) is 12.8. The monoisotopic (exact) mass is 236 g/mol. The molecule has 0 saturated carbocycles. The highest BCUT2D eigenvalue weighted by atomic mass is 16.2. The molecule has 1 amide bonds. The summed E-state index contributed by atoms with van der Waals surface area (Å²) in [6.45, 7) is 6.15. The van der Waals surface area contributed by atoms with Gasteiger partial charge in [-0.3, -0.25) is 9.69 Å². The maximum absolute atomic E-state index is 11.7. The summed E-state index contributed by atoms with van der Waals surface area (Å²) in [4.78, 5) is 13.7. The van der Waals surface area contributed by atoms with Crippen LogP contribution in [0.3, 0.4) is 0 Å². The van der Waals surface area contributed by atoms with Crippen LogP contribution in [0.5, 0.6) is 0 Å². The lowest BCUT2D eigenvalue weighted by molar-refractivity contribution is -0.117. The van der Waals surface area contributed by atoms with Gasteiger partial charge in [0.2, 0.25) is 5.91 Å². The molecule has 0 spiro atoms. The highest BCUT2D eigenvalue weighted by molar-refractivity contribution is 5.93. The van der Waals surface area contributed by atoms with Crippen molar-refractivity contribution in [2.75, 3.05) is 36.4 Å². The fourth-order valence-electron chi connectivity index (χ4n) is 1.50. The van der Waals surface area contributed by atoms with Crippen LogP contribution in [0, 0.1) is 0 Å². The zero-order valence-corrected chi connectivity index (χ0v) is 10.4. The van der Waals surface area contributed by atoms with Gasteiger partial charge in [0.05, 0.1) is 17.9 Å². The molecule has 5 N–H and O–H groups in total. The SMILES string of the molecule is CCN(CC)CC(=O)Nc1ccc(N)c(N)c1. The Labute approximate surface area is 102 Å². The molecule has 94 valence electrons. The third kappa shape index (κ3) is 3.96. The van der Waals surface area contributed by atoms with E-state index in [1.165, 1.54) is 0 Å². The average molecular weight is 236 g/mol. The molecule has 1 rings (SSSR count). The van der Waals surface area contributed by atoms with Crippen molar-refractivity contribution in [1.29, 1.82) is 0 Å². The van der Waals surface area contributed by atoms with Gasteiger partial charge in [0.25, 0.3) is 0 Å². The summed E-state index contributed by atoms with van der Waals surface area (Å²) in [5, 5.41) is 2.79. The summed E-state index contributed by atoms with van der Waals surface area (Å²) in [5.41, 5.74) is 12.9. The van der Waals surface area contributed by atoms with Gasteiger partial charge < -0.3 is 16.8 Å². The molecule has 0 aromatic heterocycles. The van der Waals surface area contributed by atoms with Gasteiger partial charge in [-0.2, -0.15) is 0 Å². The number of amides is 1. The number of nitrogens with two attached hydrogens (primary N) is 2. The summed E-state index contributed by atoms with van der Waals surface area (Å²) >= 11 is 0. The van der Waals surface area contributed by atoms with Crippen LogP contribution in [0.1, 0.15) is 13.8 Å². The summed E-state index contributed by atoms with van der Waals surface area (Å²) in [7, 11) is 0. The lowest BCUT2D eigenvalue weighted by Gasteiger charge is -2.17. The molecule has 5 heteroatoms. The third-order valence-electron chi connectivity index (χ3n) is 2.63. The molecule has 17 heavy (non-hydrogen) atoms. The number of nitrogens with zero attached hydrogens (tertiary/aromatic N) is 1. The first-order valence-electron chi connectivity index (χ1n) is 5.74. The summed E-state index contributed by atoms with van der Waals surface area (Å²) in [5.74, 6) is -0.0436. The van der Waals surface area contributed by atoms with Gasteiger partial charge in [-0.25, -0.2) is 0 Å². The van der Waals surface area contributed by atoms with Gasteiger partial charge >= 0.3 is 0 Å². The van der Waals surface area contributed by atoms with Crippen LogP contribution in [-0.4, -0.2) is 30.4 Å². The lowest BCUT2D eigenvalue weighted by atomic mass is 10.2. The number of rotatable bonds is 5. The van der Waals surface area contributed by atoms with E-state index in [0.717, 1.165) is 13.1 Å². The Morgan fingerprint density at radius 2 is 1.88 bits per heavy atom. The standard InChI is InChI=1S/C12H20N4O/c1-3-16(4-2)8-12(17)15-9-5-6-10(13)11(14)7-9/h5-7H,3-4,8,13-14H2,1-2H3,(H,15,17). The van der Waals surface area contributed by atoms with Crippen molar-refractivity contribution < 1.29 is 4.79 Å². The van der Waals surface area contributed by atoms with E-state index in [-0.39, 0.29) is 5.91 Å². The van der Waals surface area contributed by atoms with Gasteiger partial charge in [-0.15, -0.1) is 0 Å². The Hall–Kier alpha value is -1.75. The number of carbonyl (C=O) groups excluding carboxylic acids is 1. The first kappa shape index (κ1) is 13.3. The molecule has 0 bridgehead atoms. The van der Waals surface area contributed by atoms with Crippen molar-refractivity contribution in [1.82, 2.24) is 4.90 Å². The number of hydrogen-bond donors (Lipinski definition) is 3. The smallest absolute Gasteiger partial charge is 0.238 e. The Morgan fingerprint density at radius 1 is 1.24 bits per heavy atom. The molecule has 0 aliphatic rings. The highest BCUT2D eigenvalue weighted by Gasteiger charge is 2.07. The van der Waals surface area contributed by atoms with Crippen LogP contribution in [0.2, 0.25) is 0 Å². The quantitative estimate of drug-likeness (QED) is 0.669. The van der Waals surface area contributed by atoms with Gasteiger partial charge in [-0.1, -0.05) is 13.8 Å². The summed E-state index contributed by atoms with van der Waals surface area (Å²) in [6, 6.07) is 5.09. The fraction of sp³-hybridized carbons (Fsp3) is 0.417. The molecule has 0 heterocycles. The van der Waals surface area contributed by atoms with Crippen molar-refractivity contribution in [2.24, 2.45) is 0 Å². The summed E-state index contributed by atoms with van der Waals surface area (Å²) < 4.78 is 0. The van der Waals surface area contributed by atoms with E-state index >= 15 is 0 Å². The zero-order valence-electron chi connectivity index (χ0n) is 10.4. The van der Waals surface area contributed by atoms with Crippen LogP contribution in [0.15, 0.2) is 18.2 Å². The third-order valence-corrected chi connectivity index (χ3v) is 2.63. The van der Waals surface area contributed by atoms with E-state index in [4.69, 9.17) is 11.5 Å². The van der Waals surface area contributed by atoms with Crippen LogP contribution in [-0.2, 0) is 4.79 Å². The van der Waals surface area contributed by atoms with Crippen molar-refractivity contribution in [2.45, 2.75) is 13.8 Å². The number of carbonyl (C=O) groups is 1. The second-order valence-electron chi connectivity index (χ2n) is 3.85. The van der Waals surface area contributed by atoms with Gasteiger partial charge in [0.1, 0.15) is 0 Å². The molecular formula is C12H20N4O. The number of benzene rings is 1. The Morgan fingerprint density at radius 3 is 2.41 bits per heavy atom. The number of hydrogen-bond acceptors (Lipinski definition) is 4. The molecule has 1 aromatic carbocycles. The van der Waals surface area contributed by atoms with E-state index in [1.807, 2.05) is 18.7 Å². The molecule has 0 radical (unpaired) electrons. The van der Waals surface area contributed by atoms with Crippen LogP contribution >= 0.6 is 0 Å². The maximum atomic E-state index is 11.7. The van der Waals surface area contributed by atoms with Crippen molar-refractivity contribution in [3.05, 3.63) is 18.2 Å². The van der Waals surface area contributed by atoms with Crippen molar-refractivity contribution >= 4 is 23.0 Å². The minimum atomic E-state index is -0.0436. The van der Waals surface area contributed by atoms with Crippen LogP contribution < -0.4 is 16.8 Å². The lowest BCUT2D eigenvalue weighted by Crippen LogP contribution is -2.32. The van der Waals surface area contributed by atoms with Gasteiger partial charge in [0.15, 0.2) is 0 Å². The number of nitrogen functional groups attached to an aromatic ring is 2. The molecule has 0 unspecified atom stereocenters. The first-order valence-corrected chi connectivity index (χ1v) is 5.74. The second-order valence-corrected chi connectivity index (χ2v) is 3.85. The molecule has 5 nitrogen and oxygen atoms in total. The summed E-state index contributed by atoms with van der Waals surface area (Å²) in [6.07, 6.45) is 0. The Bertz CT molecular complexity index is 388. The number of likely N-dealkylation sites (N-methyl/N-ethyl adjacent to an activating group) is 1. The molecule has 0 aliphatic heterocycles. The minimum absolute atomic E-state index is 0.0436. The highest BCUT2D eigenvalue weighted by Crippen LogP contribution is 2.19. The number of nitrogens with one attached hydrogen (secondary N) is 1. The largest absolute Gasteiger partial charge is 0.397 e. The van der Waals surface area contributed by atoms with Crippen LogP contribution in [0.25, 0.3) is 0 Å². The van der Waals surface area contributed by atoms with E-state index in [2.05, 4.69) is 5.32 Å². The van der Waals surface area contributed by atoms with E-state index < -0.39 is 0 Å². The van der Waals surface area contributed by atoms with E-state index in [0.29, 0.717) is 23.6 Å². The maximum Gasteiger partial charge on any atom is 0.238 e. The molecule has 0 saturated heterocycles. The predicted octanol–water partition coefficient (Wildman–Crippen LogP) is 1.13. The molecule has 1 aromatic rings. The predicted molar refractivity (Wildman–Crippen MR) is 71.7 cm³/mol. The van der Waals surface area contributed by atoms with Gasteiger partial charge in [0, 0.05) is 5.69 Å². The normalized spacial score (nSPS) is 10.5. The average Bonchev–Trinajstić information content (AvgIpc) is 2.31. The second kappa shape index (κ2) is 6.10. The van der Waals surface area contributed by atoms with E-state index in [1.54, 1.807) is 18.2 Å². The number of anilines is 3. The van der Waals surface area contributed by atoms with E-state index in [9.17, 15) is 4.79 Å². The van der Waals surface area contributed by atoms with Crippen molar-refractivity contribution in [3.8, 4) is 0 Å². The topological polar surface area (TPSA) is 84.4 Å². The van der Waals surface area contributed by atoms with Gasteiger partial charge in [-0.05, 0) is 31.3 Å². The fourth-order valence-corrected chi connectivity index (χ4v) is 1.50. The Balaban J connectivity index is 2.58. The minimum Gasteiger partial charge on any atom is -0.397 e. The van der Waals surface area contributed by atoms with Crippen LogP contribution in [0.4, 0.5) is 17.1 Å². The molecule has 0 fully saturated rings. The Kier molecular flexibility index (Phi) is 4.78. The molecule has 0 aliphatic carbocycles. The molecule has 0 atom stereocenters. The first-order chi connectivity index (χ1) is 8.06. The van der Waals surface area contributed by atoms with Crippen molar-refractivity contribution in [3.63, 3.8) is 0 Å². The molecular weight excluding hydrogens is 216 g/mol.